The van der Waals surface area contributed by atoms with Gasteiger partial charge in [-0.3, -0.25) is 4.79 Å². The van der Waals surface area contributed by atoms with Crippen LogP contribution >= 0.6 is 0 Å². The van der Waals surface area contributed by atoms with Crippen molar-refractivity contribution in [1.82, 2.24) is 10.3 Å². The second kappa shape index (κ2) is 7.61. The number of benzene rings is 1. The minimum Gasteiger partial charge on any atom is -0.478 e. The van der Waals surface area contributed by atoms with Crippen LogP contribution in [0.25, 0.3) is 5.57 Å². The highest BCUT2D eigenvalue weighted by Crippen LogP contribution is 2.25. The fraction of sp³-hybridized carbons (Fsp3) is 0.158. The molecule has 6 heteroatoms. The van der Waals surface area contributed by atoms with Gasteiger partial charge in [-0.25, -0.2) is 9.18 Å². The number of carboxylic acid groups (broad SMARTS) is 1. The Hall–Kier alpha value is -3.15. The third kappa shape index (κ3) is 4.23. The summed E-state index contributed by atoms with van der Waals surface area (Å²) in [7, 11) is 0. The molecular formula is C19H19FN2O3. The largest absolute Gasteiger partial charge is 0.478 e. The van der Waals surface area contributed by atoms with Crippen molar-refractivity contribution in [3.63, 3.8) is 0 Å². The highest BCUT2D eigenvalue weighted by molar-refractivity contribution is 6.06. The number of nitrogens with one attached hydrogen (secondary N) is 2. The van der Waals surface area contributed by atoms with Crippen LogP contribution in [0.15, 0.2) is 53.7 Å². The van der Waals surface area contributed by atoms with E-state index in [9.17, 15) is 19.1 Å². The van der Waals surface area contributed by atoms with Crippen molar-refractivity contribution in [2.24, 2.45) is 0 Å². The zero-order chi connectivity index (χ0) is 18.6. The van der Waals surface area contributed by atoms with Gasteiger partial charge in [-0.2, -0.15) is 0 Å². The molecule has 2 rings (SSSR count). The molecule has 25 heavy (non-hydrogen) atoms. The minimum absolute atomic E-state index is 0.0332. The molecule has 1 aromatic carbocycles. The predicted molar refractivity (Wildman–Crippen MR) is 93.4 cm³/mol. The van der Waals surface area contributed by atoms with Gasteiger partial charge < -0.3 is 15.4 Å². The van der Waals surface area contributed by atoms with E-state index in [0.29, 0.717) is 11.3 Å². The molecule has 0 atom stereocenters. The van der Waals surface area contributed by atoms with Gasteiger partial charge in [-0.15, -0.1) is 0 Å². The maximum Gasteiger partial charge on any atom is 0.338 e. The van der Waals surface area contributed by atoms with Gasteiger partial charge >= 0.3 is 5.97 Å². The van der Waals surface area contributed by atoms with Gasteiger partial charge in [0.25, 0.3) is 5.91 Å². The number of aromatic amines is 1. The first-order chi connectivity index (χ1) is 11.8. The van der Waals surface area contributed by atoms with Crippen LogP contribution in [0, 0.1) is 12.7 Å². The Morgan fingerprint density at radius 1 is 1.24 bits per heavy atom. The van der Waals surface area contributed by atoms with Gasteiger partial charge in [0.15, 0.2) is 0 Å². The van der Waals surface area contributed by atoms with Crippen molar-refractivity contribution in [3.05, 3.63) is 76.5 Å². The summed E-state index contributed by atoms with van der Waals surface area (Å²) in [5, 5.41) is 12.2. The third-order valence-corrected chi connectivity index (χ3v) is 3.66. The van der Waals surface area contributed by atoms with Crippen LogP contribution in [0.2, 0.25) is 0 Å². The fourth-order valence-electron chi connectivity index (χ4n) is 2.51. The van der Waals surface area contributed by atoms with Gasteiger partial charge in [-0.05, 0) is 51.1 Å². The monoisotopic (exact) mass is 342 g/mol. The van der Waals surface area contributed by atoms with Gasteiger partial charge in [0.05, 0.1) is 5.57 Å². The van der Waals surface area contributed by atoms with E-state index >= 15 is 0 Å². The molecule has 0 unspecified atom stereocenters. The Morgan fingerprint density at radius 3 is 2.48 bits per heavy atom. The maximum absolute atomic E-state index is 13.3. The quantitative estimate of drug-likeness (QED) is 0.573. The number of allylic oxidation sites excluding steroid dienone is 2. The summed E-state index contributed by atoms with van der Waals surface area (Å²) in [6.07, 6.45) is 1.66. The van der Waals surface area contributed by atoms with Crippen LogP contribution in [0.3, 0.4) is 0 Å². The first kappa shape index (κ1) is 18.2. The molecule has 0 saturated carbocycles. The zero-order valence-corrected chi connectivity index (χ0v) is 14.2. The van der Waals surface area contributed by atoms with E-state index in [1.807, 2.05) is 13.0 Å². The second-order valence-corrected chi connectivity index (χ2v) is 5.53. The average Bonchev–Trinajstić information content (AvgIpc) is 2.97. The van der Waals surface area contributed by atoms with Crippen LogP contribution in [0.5, 0.6) is 0 Å². The lowest BCUT2D eigenvalue weighted by Gasteiger charge is -2.13. The lowest BCUT2D eigenvalue weighted by molar-refractivity contribution is -0.132. The number of aromatic nitrogens is 1. The number of carboxylic acids is 1. The molecule has 0 aliphatic carbocycles. The number of hydrogen-bond acceptors (Lipinski definition) is 2. The summed E-state index contributed by atoms with van der Waals surface area (Å²) in [5.41, 5.74) is 2.23. The molecule has 0 bridgehead atoms. The van der Waals surface area contributed by atoms with Crippen molar-refractivity contribution in [2.75, 3.05) is 0 Å². The lowest BCUT2D eigenvalue weighted by Crippen LogP contribution is -2.24. The Morgan fingerprint density at radius 2 is 1.96 bits per heavy atom. The first-order valence-electron chi connectivity index (χ1n) is 7.67. The van der Waals surface area contributed by atoms with Crippen LogP contribution in [-0.2, 0) is 4.79 Å². The van der Waals surface area contributed by atoms with E-state index in [1.54, 1.807) is 19.1 Å². The summed E-state index contributed by atoms with van der Waals surface area (Å²) in [5.74, 6) is -2.28. The standard InChI is InChI=1S/C19H19FN2O3/c1-4-15(16-9-8-11(2)21-16)17(19(24)25)12(3)22-18(23)13-6-5-7-14(20)10-13/h4-10,21H,1-3H3,(H,22,23)(H,24,25)/b15-4-,17-12?. The van der Waals surface area contributed by atoms with E-state index in [1.165, 1.54) is 25.1 Å². The van der Waals surface area contributed by atoms with Crippen molar-refractivity contribution in [3.8, 4) is 0 Å². The number of hydrogen-bond donors (Lipinski definition) is 3. The molecule has 130 valence electrons. The first-order valence-corrected chi connectivity index (χ1v) is 7.67. The topological polar surface area (TPSA) is 82.2 Å². The maximum atomic E-state index is 13.3. The highest BCUT2D eigenvalue weighted by atomic mass is 19.1. The second-order valence-electron chi connectivity index (χ2n) is 5.53. The summed E-state index contributed by atoms with van der Waals surface area (Å²) >= 11 is 0. The van der Waals surface area contributed by atoms with Crippen molar-refractivity contribution in [1.29, 1.82) is 0 Å². The molecule has 0 aliphatic rings. The van der Waals surface area contributed by atoms with E-state index in [2.05, 4.69) is 10.3 Å². The molecular weight excluding hydrogens is 323 g/mol. The molecule has 3 N–H and O–H groups in total. The van der Waals surface area contributed by atoms with Crippen LogP contribution in [0.4, 0.5) is 4.39 Å². The summed E-state index contributed by atoms with van der Waals surface area (Å²) in [6.45, 7) is 5.08. The normalized spacial score (nSPS) is 12.6. The summed E-state index contributed by atoms with van der Waals surface area (Å²) < 4.78 is 13.3. The molecule has 1 heterocycles. The average molecular weight is 342 g/mol. The van der Waals surface area contributed by atoms with Crippen LogP contribution < -0.4 is 5.32 Å². The Bertz CT molecular complexity index is 878. The van der Waals surface area contributed by atoms with Gasteiger partial charge in [0, 0.05) is 28.2 Å². The number of carbonyl (C=O) groups is 2. The number of halogens is 1. The van der Waals surface area contributed by atoms with Gasteiger partial charge in [0.2, 0.25) is 0 Å². The number of aryl methyl sites for hydroxylation is 1. The number of H-pyrrole nitrogens is 1. The van der Waals surface area contributed by atoms with E-state index in [0.717, 1.165) is 11.8 Å². The molecule has 0 radical (unpaired) electrons. The molecule has 0 saturated heterocycles. The van der Waals surface area contributed by atoms with Crippen LogP contribution in [-0.4, -0.2) is 22.0 Å². The van der Waals surface area contributed by atoms with E-state index < -0.39 is 17.7 Å². The van der Waals surface area contributed by atoms with Gasteiger partial charge in [-0.1, -0.05) is 12.1 Å². The molecule has 1 aromatic heterocycles. The number of rotatable bonds is 5. The molecule has 0 aliphatic heterocycles. The Balaban J connectivity index is 2.39. The Labute approximate surface area is 144 Å². The summed E-state index contributed by atoms with van der Waals surface area (Å²) in [4.78, 5) is 27.1. The summed E-state index contributed by atoms with van der Waals surface area (Å²) in [6, 6.07) is 8.80. The minimum atomic E-state index is -1.17. The predicted octanol–water partition coefficient (Wildman–Crippen LogP) is 3.65. The number of carbonyl (C=O) groups excluding carboxylic acids is 1. The molecule has 2 aromatic rings. The molecule has 1 amide bonds. The van der Waals surface area contributed by atoms with E-state index in [4.69, 9.17) is 0 Å². The van der Waals surface area contributed by atoms with Crippen molar-refractivity contribution in [2.45, 2.75) is 20.8 Å². The smallest absolute Gasteiger partial charge is 0.338 e. The van der Waals surface area contributed by atoms with E-state index in [-0.39, 0.29) is 16.8 Å². The lowest BCUT2D eigenvalue weighted by atomic mass is 10.0. The molecule has 5 nitrogen and oxygen atoms in total. The number of amides is 1. The van der Waals surface area contributed by atoms with Gasteiger partial charge in [0.1, 0.15) is 5.82 Å². The van der Waals surface area contributed by atoms with Crippen LogP contribution in [0.1, 0.15) is 35.6 Å². The Kier molecular flexibility index (Phi) is 5.54. The fourth-order valence-corrected chi connectivity index (χ4v) is 2.51. The molecule has 0 fully saturated rings. The third-order valence-electron chi connectivity index (χ3n) is 3.66. The number of aliphatic carboxylic acids is 1. The van der Waals surface area contributed by atoms with Crippen molar-refractivity contribution >= 4 is 17.4 Å². The SMILES string of the molecule is C/C=C(\C(C(=O)O)=C(C)NC(=O)c1cccc(F)c1)c1ccc(C)[nH]1. The molecule has 0 spiro atoms. The van der Waals surface area contributed by atoms with Crippen molar-refractivity contribution < 1.29 is 19.1 Å². The zero-order valence-electron chi connectivity index (χ0n) is 14.2. The highest BCUT2D eigenvalue weighted by Gasteiger charge is 2.20.